The van der Waals surface area contributed by atoms with E-state index < -0.39 is 0 Å². The number of ether oxygens (including phenoxy) is 2. The first-order chi connectivity index (χ1) is 8.33. The van der Waals surface area contributed by atoms with Gasteiger partial charge in [-0.15, -0.1) is 11.3 Å². The van der Waals surface area contributed by atoms with Crippen LogP contribution in [0.5, 0.6) is 0 Å². The van der Waals surface area contributed by atoms with Crippen molar-refractivity contribution >= 4 is 22.9 Å². The summed E-state index contributed by atoms with van der Waals surface area (Å²) in [5, 5.41) is 4.36. The third-order valence-corrected chi connectivity index (χ3v) is 3.24. The highest BCUT2D eigenvalue weighted by Crippen LogP contribution is 2.17. The van der Waals surface area contributed by atoms with E-state index in [0.717, 1.165) is 41.9 Å². The Labute approximate surface area is 111 Å². The van der Waals surface area contributed by atoms with Crippen molar-refractivity contribution in [1.29, 1.82) is 0 Å². The van der Waals surface area contributed by atoms with Gasteiger partial charge in [-0.05, 0) is 19.4 Å². The molecule has 0 atom stereocenters. The van der Waals surface area contributed by atoms with E-state index in [1.165, 1.54) is 11.3 Å². The lowest BCUT2D eigenvalue weighted by atomic mass is 10.3. The van der Waals surface area contributed by atoms with Gasteiger partial charge in [0.15, 0.2) is 0 Å². The van der Waals surface area contributed by atoms with Crippen LogP contribution in [0.4, 0.5) is 0 Å². The summed E-state index contributed by atoms with van der Waals surface area (Å²) < 4.78 is 11.0. The number of nitrogens with one attached hydrogen (secondary N) is 1. The number of thiazole rings is 1. The van der Waals surface area contributed by atoms with Gasteiger partial charge in [0, 0.05) is 20.3 Å². The minimum absolute atomic E-state index is 0.670. The van der Waals surface area contributed by atoms with Crippen LogP contribution in [0.2, 0.25) is 4.34 Å². The molecule has 0 radical (unpaired) electrons. The monoisotopic (exact) mass is 278 g/mol. The Balaban J connectivity index is 1.84. The molecule has 6 heteroatoms. The van der Waals surface area contributed by atoms with Crippen LogP contribution in [-0.2, 0) is 16.0 Å². The molecule has 1 aromatic rings. The van der Waals surface area contributed by atoms with Crippen molar-refractivity contribution in [3.05, 3.63) is 15.5 Å². The Morgan fingerprint density at radius 2 is 2.24 bits per heavy atom. The summed E-state index contributed by atoms with van der Waals surface area (Å²) in [6, 6.07) is 0. The molecule has 1 N–H and O–H groups in total. The molecular formula is C11H19ClN2O2S. The van der Waals surface area contributed by atoms with Crippen molar-refractivity contribution < 1.29 is 9.47 Å². The van der Waals surface area contributed by atoms with Crippen LogP contribution in [-0.4, -0.2) is 38.5 Å². The van der Waals surface area contributed by atoms with E-state index >= 15 is 0 Å². The summed E-state index contributed by atoms with van der Waals surface area (Å²) in [5.74, 6) is 0. The average molecular weight is 279 g/mol. The van der Waals surface area contributed by atoms with Gasteiger partial charge < -0.3 is 14.8 Å². The minimum atomic E-state index is 0.670. The number of halogens is 1. The Morgan fingerprint density at radius 1 is 1.35 bits per heavy atom. The summed E-state index contributed by atoms with van der Waals surface area (Å²) in [6.45, 7) is 3.92. The van der Waals surface area contributed by atoms with E-state index in [1.54, 1.807) is 13.3 Å². The van der Waals surface area contributed by atoms with Gasteiger partial charge in [-0.25, -0.2) is 4.98 Å². The third-order valence-electron chi connectivity index (χ3n) is 2.13. The second kappa shape index (κ2) is 9.79. The first kappa shape index (κ1) is 14.9. The fourth-order valence-electron chi connectivity index (χ4n) is 1.26. The van der Waals surface area contributed by atoms with E-state index in [2.05, 4.69) is 10.3 Å². The molecule has 0 amide bonds. The van der Waals surface area contributed by atoms with E-state index in [1.807, 2.05) is 0 Å². The Bertz CT molecular complexity index is 297. The molecule has 0 unspecified atom stereocenters. The highest BCUT2D eigenvalue weighted by molar-refractivity contribution is 7.15. The predicted molar refractivity (Wildman–Crippen MR) is 70.8 cm³/mol. The van der Waals surface area contributed by atoms with Gasteiger partial charge in [0.05, 0.1) is 19.4 Å². The number of aromatic nitrogens is 1. The molecular weight excluding hydrogens is 260 g/mol. The molecule has 0 spiro atoms. The highest BCUT2D eigenvalue weighted by atomic mass is 35.5. The fraction of sp³-hybridized carbons (Fsp3) is 0.727. The summed E-state index contributed by atoms with van der Waals surface area (Å²) >= 11 is 7.30. The SMILES string of the molecule is COCCOCCCCNCc1ncc(Cl)s1. The summed E-state index contributed by atoms with van der Waals surface area (Å²) in [4.78, 5) is 4.17. The van der Waals surface area contributed by atoms with Gasteiger partial charge in [-0.1, -0.05) is 11.6 Å². The Kier molecular flexibility index (Phi) is 8.56. The molecule has 4 nitrogen and oxygen atoms in total. The number of hydrogen-bond donors (Lipinski definition) is 1. The van der Waals surface area contributed by atoms with Crippen molar-refractivity contribution in [2.75, 3.05) is 33.5 Å². The molecule has 1 heterocycles. The van der Waals surface area contributed by atoms with Crippen LogP contribution in [0.15, 0.2) is 6.20 Å². The topological polar surface area (TPSA) is 43.4 Å². The summed E-state index contributed by atoms with van der Waals surface area (Å²) in [6.07, 6.45) is 3.86. The fourth-order valence-corrected chi connectivity index (χ4v) is 2.19. The first-order valence-corrected chi connectivity index (χ1v) is 6.90. The van der Waals surface area contributed by atoms with Crippen LogP contribution in [0.1, 0.15) is 17.8 Å². The van der Waals surface area contributed by atoms with Gasteiger partial charge in [-0.3, -0.25) is 0 Å². The largest absolute Gasteiger partial charge is 0.382 e. The zero-order valence-electron chi connectivity index (χ0n) is 10.1. The lowest BCUT2D eigenvalue weighted by Gasteiger charge is -2.04. The second-order valence-corrected chi connectivity index (χ2v) is 5.29. The van der Waals surface area contributed by atoms with Crippen molar-refractivity contribution in [1.82, 2.24) is 10.3 Å². The van der Waals surface area contributed by atoms with Crippen molar-refractivity contribution in [2.24, 2.45) is 0 Å². The minimum Gasteiger partial charge on any atom is -0.382 e. The molecule has 0 saturated carbocycles. The van der Waals surface area contributed by atoms with Crippen LogP contribution in [0.25, 0.3) is 0 Å². The smallest absolute Gasteiger partial charge is 0.113 e. The zero-order valence-corrected chi connectivity index (χ0v) is 11.6. The van der Waals surface area contributed by atoms with Crippen molar-refractivity contribution in [3.8, 4) is 0 Å². The van der Waals surface area contributed by atoms with Gasteiger partial charge >= 0.3 is 0 Å². The Morgan fingerprint density at radius 3 is 2.94 bits per heavy atom. The maximum absolute atomic E-state index is 5.78. The lowest BCUT2D eigenvalue weighted by Crippen LogP contribution is -2.15. The Hall–Kier alpha value is -0.200. The van der Waals surface area contributed by atoms with E-state index in [4.69, 9.17) is 21.1 Å². The molecule has 0 aliphatic heterocycles. The van der Waals surface area contributed by atoms with Crippen molar-refractivity contribution in [3.63, 3.8) is 0 Å². The number of hydrogen-bond acceptors (Lipinski definition) is 5. The van der Waals surface area contributed by atoms with Crippen LogP contribution in [0, 0.1) is 0 Å². The maximum atomic E-state index is 5.78. The van der Waals surface area contributed by atoms with Gasteiger partial charge in [-0.2, -0.15) is 0 Å². The molecule has 0 aliphatic rings. The van der Waals surface area contributed by atoms with Gasteiger partial charge in [0.1, 0.15) is 9.34 Å². The van der Waals surface area contributed by atoms with Crippen molar-refractivity contribution in [2.45, 2.75) is 19.4 Å². The van der Waals surface area contributed by atoms with Crippen LogP contribution >= 0.6 is 22.9 Å². The standard InChI is InChI=1S/C11H19ClN2O2S/c1-15-6-7-16-5-3-2-4-13-9-11-14-8-10(12)17-11/h8,13H,2-7,9H2,1H3. The normalized spacial score (nSPS) is 10.9. The van der Waals surface area contributed by atoms with E-state index in [9.17, 15) is 0 Å². The lowest BCUT2D eigenvalue weighted by molar-refractivity contribution is 0.0688. The van der Waals surface area contributed by atoms with Gasteiger partial charge in [0.2, 0.25) is 0 Å². The quantitative estimate of drug-likeness (QED) is 0.667. The average Bonchev–Trinajstić information content (AvgIpc) is 2.73. The van der Waals surface area contributed by atoms with E-state index in [0.29, 0.717) is 13.2 Å². The predicted octanol–water partition coefficient (Wildman–Crippen LogP) is 2.33. The maximum Gasteiger partial charge on any atom is 0.113 e. The molecule has 1 rings (SSSR count). The highest BCUT2D eigenvalue weighted by Gasteiger charge is 1.98. The molecule has 0 aliphatic carbocycles. The number of nitrogens with zero attached hydrogens (tertiary/aromatic N) is 1. The molecule has 98 valence electrons. The molecule has 0 saturated heterocycles. The van der Waals surface area contributed by atoms with E-state index in [-0.39, 0.29) is 0 Å². The zero-order chi connectivity index (χ0) is 12.3. The summed E-state index contributed by atoms with van der Waals surface area (Å²) in [5.41, 5.74) is 0. The first-order valence-electron chi connectivity index (χ1n) is 5.70. The molecule has 0 fully saturated rings. The van der Waals surface area contributed by atoms with Crippen LogP contribution < -0.4 is 5.32 Å². The van der Waals surface area contributed by atoms with Crippen LogP contribution in [0.3, 0.4) is 0 Å². The number of rotatable bonds is 10. The summed E-state index contributed by atoms with van der Waals surface area (Å²) in [7, 11) is 1.68. The third kappa shape index (κ3) is 7.68. The molecule has 0 bridgehead atoms. The molecule has 1 aromatic heterocycles. The number of methoxy groups -OCH3 is 1. The molecule has 17 heavy (non-hydrogen) atoms. The number of unbranched alkanes of at least 4 members (excludes halogenated alkanes) is 1. The molecule has 0 aromatic carbocycles. The van der Waals surface area contributed by atoms with Gasteiger partial charge in [0.25, 0.3) is 0 Å². The second-order valence-electron chi connectivity index (χ2n) is 3.55.